The number of hydrogen-bond donors (Lipinski definition) is 10. The van der Waals surface area contributed by atoms with Crippen molar-refractivity contribution in [3.8, 4) is 0 Å². The third-order valence-electron chi connectivity index (χ3n) is 7.00. The third kappa shape index (κ3) is 23.8. The fourth-order valence-corrected chi connectivity index (χ4v) is 3.40. The molecule has 0 fully saturated rings. The summed E-state index contributed by atoms with van der Waals surface area (Å²) in [7, 11) is 0. The smallest absolute Gasteiger partial charge is 0.335 e. The van der Waals surface area contributed by atoms with Crippen molar-refractivity contribution in [3.05, 3.63) is 71.3 Å². The molecule has 0 saturated carbocycles. The molecular weight excluding hydrogens is 660 g/mol. The lowest BCUT2D eigenvalue weighted by Crippen LogP contribution is -2.36. The van der Waals surface area contributed by atoms with Gasteiger partial charge in [-0.15, -0.1) is 0 Å². The zero-order valence-corrected chi connectivity index (χ0v) is 29.2. The highest BCUT2D eigenvalue weighted by molar-refractivity contribution is 5.93. The molecule has 0 amide bonds. The van der Waals surface area contributed by atoms with Gasteiger partial charge in [0.2, 0.25) is 0 Å². The summed E-state index contributed by atoms with van der Waals surface area (Å²) in [5.74, 6) is -4.66. The van der Waals surface area contributed by atoms with Gasteiger partial charge < -0.3 is 51.1 Å². The van der Waals surface area contributed by atoms with Crippen LogP contribution in [0.2, 0.25) is 0 Å². The molecule has 2 rings (SSSR count). The molecule has 0 aliphatic rings. The van der Waals surface area contributed by atoms with Crippen LogP contribution in [0.25, 0.3) is 0 Å². The van der Waals surface area contributed by atoms with Crippen LogP contribution in [0.4, 0.5) is 0 Å². The van der Waals surface area contributed by atoms with E-state index in [1.54, 1.807) is 30.3 Å². The highest BCUT2D eigenvalue weighted by Gasteiger charge is 2.29. The minimum Gasteiger partial charge on any atom is -0.481 e. The van der Waals surface area contributed by atoms with E-state index in [1.165, 1.54) is 18.2 Å². The van der Waals surface area contributed by atoms with Crippen molar-refractivity contribution in [1.29, 1.82) is 0 Å². The molecule has 0 spiro atoms. The molecule has 0 heterocycles. The largest absolute Gasteiger partial charge is 0.481 e. The van der Waals surface area contributed by atoms with Crippen LogP contribution < -0.4 is 0 Å². The second-order valence-corrected chi connectivity index (χ2v) is 12.0. The molecular formula is C35H54O15. The summed E-state index contributed by atoms with van der Waals surface area (Å²) in [5, 5.41) is 86.0. The Hall–Kier alpha value is -4.41. The van der Waals surface area contributed by atoms with Gasteiger partial charge >= 0.3 is 29.8 Å². The lowest BCUT2D eigenvalue weighted by Gasteiger charge is -2.30. The van der Waals surface area contributed by atoms with Gasteiger partial charge in [0.15, 0.2) is 0 Å². The topological polar surface area (TPSA) is 288 Å². The highest BCUT2D eigenvalue weighted by atomic mass is 16.4. The number of hydrogen-bond acceptors (Lipinski definition) is 10. The number of carboxylic acid groups (broad SMARTS) is 5. The molecule has 15 heteroatoms. The lowest BCUT2D eigenvalue weighted by atomic mass is 9.82. The van der Waals surface area contributed by atoms with E-state index in [2.05, 4.69) is 0 Å². The van der Waals surface area contributed by atoms with Crippen molar-refractivity contribution in [1.82, 2.24) is 0 Å². The molecule has 15 nitrogen and oxygen atoms in total. The molecule has 10 N–H and O–H groups in total. The molecule has 1 unspecified atom stereocenters. The van der Waals surface area contributed by atoms with E-state index in [-0.39, 0.29) is 61.7 Å². The number of aliphatic hydroxyl groups excluding tert-OH is 5. The van der Waals surface area contributed by atoms with Crippen molar-refractivity contribution in [2.75, 3.05) is 26.4 Å². The van der Waals surface area contributed by atoms with Crippen LogP contribution in [-0.4, -0.2) is 113 Å². The Morgan fingerprint density at radius 2 is 0.960 bits per heavy atom. The third-order valence-corrected chi connectivity index (χ3v) is 7.00. The minimum atomic E-state index is -1.13. The van der Waals surface area contributed by atoms with Crippen LogP contribution in [0, 0.1) is 16.7 Å². The van der Waals surface area contributed by atoms with E-state index in [0.29, 0.717) is 24.8 Å². The fraction of sp³-hybridized carbons (Fsp3) is 0.514. The van der Waals surface area contributed by atoms with Crippen molar-refractivity contribution in [3.63, 3.8) is 0 Å². The maximum Gasteiger partial charge on any atom is 0.335 e. The number of aliphatic carboxylic acids is 2. The summed E-state index contributed by atoms with van der Waals surface area (Å²) < 4.78 is 0. The predicted octanol–water partition coefficient (Wildman–Crippen LogP) is 3.57. The average Bonchev–Trinajstić information content (AvgIpc) is 3.09. The van der Waals surface area contributed by atoms with Crippen molar-refractivity contribution >= 4 is 29.8 Å². The normalized spacial score (nSPS) is 11.0. The van der Waals surface area contributed by atoms with Crippen molar-refractivity contribution in [2.45, 2.75) is 72.8 Å². The molecule has 284 valence electrons. The summed E-state index contributed by atoms with van der Waals surface area (Å²) in [5.41, 5.74) is -0.740. The number of unbranched alkanes of at least 4 members (excludes halogenated alkanes) is 1. The molecule has 0 aromatic heterocycles. The summed E-state index contributed by atoms with van der Waals surface area (Å²) in [6.45, 7) is 9.00. The zero-order chi connectivity index (χ0) is 39.5. The van der Waals surface area contributed by atoms with E-state index >= 15 is 0 Å². The van der Waals surface area contributed by atoms with Crippen LogP contribution in [0.3, 0.4) is 0 Å². The fourth-order valence-electron chi connectivity index (χ4n) is 3.40. The van der Waals surface area contributed by atoms with Gasteiger partial charge in [-0.05, 0) is 55.5 Å². The Morgan fingerprint density at radius 3 is 1.16 bits per heavy atom. The number of aromatic carboxylic acids is 3. The molecule has 50 heavy (non-hydrogen) atoms. The molecule has 2 aromatic rings. The first-order valence-electron chi connectivity index (χ1n) is 15.6. The van der Waals surface area contributed by atoms with Crippen LogP contribution in [0.1, 0.15) is 97.8 Å². The lowest BCUT2D eigenvalue weighted by molar-refractivity contribution is -0.139. The van der Waals surface area contributed by atoms with Crippen LogP contribution in [-0.2, 0) is 9.59 Å². The average molecular weight is 715 g/mol. The Balaban J connectivity index is -0.000000555. The molecule has 2 aromatic carbocycles. The standard InChI is InChI=1S/C8H6O4.C8H18O2.C7H6O2.C6H10O4.C6H14O3/c9-7(10)5-2-1-3-6(4-5)8(11)12;1-6(2)7(10)8(3,4)5-9;8-7(9)6-4-2-1-3-5-6;7-5(8)3-1-2-4-6(9)10;1-2-6(3-7,4-8)5-9/h1-4H,(H,9,10)(H,11,12);6-7,9-10H,5H2,1-4H3;1-5H,(H,8,9);1-4H2,(H,7,8)(H,9,10);7-9H,2-5H2,1H3. The number of carbonyl (C=O) groups is 5. The Labute approximate surface area is 292 Å². The zero-order valence-electron chi connectivity index (χ0n) is 29.2. The van der Waals surface area contributed by atoms with E-state index in [1.807, 2.05) is 34.6 Å². The SMILES string of the molecule is CC(C)C(O)C(C)(C)CO.CCC(CO)(CO)CO.O=C(O)CCCCC(=O)O.O=C(O)c1cccc(C(=O)O)c1.O=C(O)c1ccccc1. The monoisotopic (exact) mass is 714 g/mol. The van der Waals surface area contributed by atoms with E-state index in [0.717, 1.165) is 6.07 Å². The van der Waals surface area contributed by atoms with Crippen LogP contribution in [0.5, 0.6) is 0 Å². The van der Waals surface area contributed by atoms with Gasteiger partial charge in [-0.2, -0.15) is 0 Å². The Morgan fingerprint density at radius 1 is 0.600 bits per heavy atom. The van der Waals surface area contributed by atoms with E-state index in [9.17, 15) is 29.1 Å². The first kappa shape index (κ1) is 50.0. The van der Waals surface area contributed by atoms with Gasteiger partial charge in [0.25, 0.3) is 0 Å². The highest BCUT2D eigenvalue weighted by Crippen LogP contribution is 2.24. The second kappa shape index (κ2) is 27.4. The van der Waals surface area contributed by atoms with Crippen LogP contribution >= 0.6 is 0 Å². The molecule has 0 aliphatic carbocycles. The summed E-state index contributed by atoms with van der Waals surface area (Å²) in [6.07, 6.45) is 1.19. The van der Waals surface area contributed by atoms with Gasteiger partial charge in [0.05, 0.1) is 49.2 Å². The minimum absolute atomic E-state index is 0.0186. The maximum absolute atomic E-state index is 10.4. The maximum atomic E-state index is 10.4. The molecule has 0 bridgehead atoms. The Kier molecular flexibility index (Phi) is 27.4. The summed E-state index contributed by atoms with van der Waals surface area (Å²) in [4.78, 5) is 50.8. The number of rotatable bonds is 15. The quantitative estimate of drug-likeness (QED) is 0.118. The second-order valence-electron chi connectivity index (χ2n) is 12.0. The van der Waals surface area contributed by atoms with Gasteiger partial charge in [0.1, 0.15) is 0 Å². The number of aliphatic hydroxyl groups is 5. The number of benzene rings is 2. The van der Waals surface area contributed by atoms with Crippen molar-refractivity contribution < 1.29 is 75.0 Å². The predicted molar refractivity (Wildman–Crippen MR) is 183 cm³/mol. The first-order chi connectivity index (χ1) is 23.2. The van der Waals surface area contributed by atoms with E-state index in [4.69, 9.17) is 46.0 Å². The van der Waals surface area contributed by atoms with Gasteiger partial charge in [0, 0.05) is 23.7 Å². The molecule has 1 atom stereocenters. The molecule has 0 aliphatic heterocycles. The van der Waals surface area contributed by atoms with Crippen LogP contribution in [0.15, 0.2) is 54.6 Å². The van der Waals surface area contributed by atoms with Crippen molar-refractivity contribution in [2.24, 2.45) is 16.7 Å². The summed E-state index contributed by atoms with van der Waals surface area (Å²) >= 11 is 0. The number of carboxylic acids is 5. The molecule has 0 radical (unpaired) electrons. The van der Waals surface area contributed by atoms with E-state index < -0.39 is 41.4 Å². The van der Waals surface area contributed by atoms with Gasteiger partial charge in [-0.1, -0.05) is 58.9 Å². The van der Waals surface area contributed by atoms with Gasteiger partial charge in [-0.3, -0.25) is 9.59 Å². The Bertz CT molecular complexity index is 1190. The molecule has 0 saturated heterocycles. The first-order valence-corrected chi connectivity index (χ1v) is 15.6. The van der Waals surface area contributed by atoms with Gasteiger partial charge in [-0.25, -0.2) is 14.4 Å². The summed E-state index contributed by atoms with van der Waals surface area (Å²) in [6, 6.07) is 13.5.